The minimum absolute atomic E-state index is 0.0453. The third kappa shape index (κ3) is 25.7. The summed E-state index contributed by atoms with van der Waals surface area (Å²) in [6, 6.07) is 2.84. The minimum atomic E-state index is -1.39. The van der Waals surface area contributed by atoms with Crippen LogP contribution in [0.2, 0.25) is 0 Å². The molecule has 61 heavy (non-hydrogen) atoms. The average molecular weight is 864 g/mol. The summed E-state index contributed by atoms with van der Waals surface area (Å²) < 4.78 is 31.7. The third-order valence-corrected chi connectivity index (χ3v) is 12.0. The molecular weight excluding hydrogens is 771 g/mol. The summed E-state index contributed by atoms with van der Waals surface area (Å²) in [4.78, 5) is 12.1. The first-order chi connectivity index (χ1) is 29.9. The molecule has 2 rings (SSSR count). The highest BCUT2D eigenvalue weighted by atomic mass is 16.7. The Bertz CT molecular complexity index is 1140. The van der Waals surface area contributed by atoms with Crippen molar-refractivity contribution >= 4 is 5.91 Å². The smallest absolute Gasteiger partial charge is 0.217 e. The Balaban J connectivity index is 2.16. The molecule has 0 radical (unpaired) electrons. The minimum Gasteiger partial charge on any atom is -0.490 e. The summed E-state index contributed by atoms with van der Waals surface area (Å²) in [6.45, 7) is 9.35. The maximum absolute atomic E-state index is 12.1. The van der Waals surface area contributed by atoms with Crippen LogP contribution >= 0.6 is 0 Å². The second-order valence-corrected chi connectivity index (χ2v) is 17.8. The molecule has 1 heterocycles. The van der Waals surface area contributed by atoms with E-state index in [1.54, 1.807) is 0 Å². The number of aliphatic hydroxyl groups is 3. The average Bonchev–Trinajstić information content (AvgIpc) is 3.25. The molecule has 356 valence electrons. The number of hydrogen-bond acceptors (Lipinski definition) is 9. The molecule has 1 aliphatic heterocycles. The Morgan fingerprint density at radius 2 is 0.918 bits per heavy atom. The Hall–Kier alpha value is -2.11. The molecule has 1 aromatic carbocycles. The predicted octanol–water partition coefficient (Wildman–Crippen LogP) is 12.0. The monoisotopic (exact) mass is 864 g/mol. The van der Waals surface area contributed by atoms with E-state index in [0.29, 0.717) is 37.1 Å². The number of nitrogens with one attached hydrogen (secondary N) is 1. The number of rotatable bonds is 41. The van der Waals surface area contributed by atoms with Gasteiger partial charge in [0.15, 0.2) is 17.8 Å². The van der Waals surface area contributed by atoms with Crippen LogP contribution in [0.5, 0.6) is 17.2 Å². The van der Waals surface area contributed by atoms with Crippen LogP contribution in [0.1, 0.15) is 226 Å². The molecule has 10 heteroatoms. The highest BCUT2D eigenvalue weighted by molar-refractivity contribution is 5.73. The molecular formula is C51H93NO9. The fourth-order valence-electron chi connectivity index (χ4n) is 8.17. The summed E-state index contributed by atoms with van der Waals surface area (Å²) in [5, 5.41) is 33.9. The van der Waals surface area contributed by atoms with Crippen LogP contribution in [0.15, 0.2) is 12.1 Å². The molecule has 1 saturated heterocycles. The van der Waals surface area contributed by atoms with Gasteiger partial charge >= 0.3 is 0 Å². The van der Waals surface area contributed by atoms with E-state index in [4.69, 9.17) is 23.7 Å². The lowest BCUT2D eigenvalue weighted by atomic mass is 9.97. The van der Waals surface area contributed by atoms with Crippen LogP contribution in [0.4, 0.5) is 0 Å². The van der Waals surface area contributed by atoms with Gasteiger partial charge in [0, 0.05) is 6.92 Å². The maximum Gasteiger partial charge on any atom is 0.217 e. The molecule has 1 amide bonds. The van der Waals surface area contributed by atoms with Crippen LogP contribution in [-0.4, -0.2) is 78.3 Å². The highest BCUT2D eigenvalue weighted by Crippen LogP contribution is 2.40. The largest absolute Gasteiger partial charge is 0.490 e. The highest BCUT2D eigenvalue weighted by Gasteiger charge is 2.45. The maximum atomic E-state index is 12.1. The molecule has 5 atom stereocenters. The van der Waals surface area contributed by atoms with Gasteiger partial charge in [-0.3, -0.25) is 4.79 Å². The van der Waals surface area contributed by atoms with Gasteiger partial charge in [-0.15, -0.1) is 0 Å². The molecule has 1 fully saturated rings. The van der Waals surface area contributed by atoms with Crippen molar-refractivity contribution in [1.82, 2.24) is 5.32 Å². The van der Waals surface area contributed by atoms with E-state index in [-0.39, 0.29) is 6.61 Å². The zero-order valence-electron chi connectivity index (χ0n) is 39.6. The first-order valence-corrected chi connectivity index (χ1v) is 25.4. The fraction of sp³-hybridized carbons (Fsp3) is 0.863. The third-order valence-electron chi connectivity index (χ3n) is 12.0. The van der Waals surface area contributed by atoms with Crippen molar-refractivity contribution in [1.29, 1.82) is 0 Å². The van der Waals surface area contributed by atoms with Gasteiger partial charge in [-0.25, -0.2) is 0 Å². The summed E-state index contributed by atoms with van der Waals surface area (Å²) in [5.74, 6) is 1.47. The van der Waals surface area contributed by atoms with E-state index in [1.807, 2.05) is 12.1 Å². The number of benzene rings is 1. The van der Waals surface area contributed by atoms with E-state index in [1.165, 1.54) is 161 Å². The van der Waals surface area contributed by atoms with Gasteiger partial charge < -0.3 is 44.3 Å². The first-order valence-electron chi connectivity index (χ1n) is 25.4. The van der Waals surface area contributed by atoms with Gasteiger partial charge in [-0.05, 0) is 37.0 Å². The molecule has 0 aliphatic carbocycles. The second kappa shape index (κ2) is 37.3. The molecule has 0 unspecified atom stereocenters. The topological polar surface area (TPSA) is 136 Å². The molecule has 0 aromatic heterocycles. The lowest BCUT2D eigenvalue weighted by Crippen LogP contribution is -2.64. The van der Waals surface area contributed by atoms with Crippen molar-refractivity contribution in [2.45, 2.75) is 258 Å². The molecule has 0 spiro atoms. The molecule has 4 N–H and O–H groups in total. The Morgan fingerprint density at radius 3 is 1.28 bits per heavy atom. The summed E-state index contributed by atoms with van der Waals surface area (Å²) in [7, 11) is 0. The number of unbranched alkanes of at least 4 members (excludes halogenated alkanes) is 27. The van der Waals surface area contributed by atoms with Crippen LogP contribution in [0.25, 0.3) is 0 Å². The Morgan fingerprint density at radius 1 is 0.557 bits per heavy atom. The van der Waals surface area contributed by atoms with Crippen molar-refractivity contribution in [3.63, 3.8) is 0 Å². The normalized spacial score (nSPS) is 19.0. The van der Waals surface area contributed by atoms with Crippen molar-refractivity contribution in [3.8, 4) is 17.2 Å². The molecule has 1 aliphatic rings. The molecule has 0 bridgehead atoms. The van der Waals surface area contributed by atoms with E-state index in [9.17, 15) is 20.1 Å². The number of carbonyl (C=O) groups is 1. The Labute approximate surface area is 373 Å². The predicted molar refractivity (Wildman–Crippen MR) is 249 cm³/mol. The first kappa shape index (κ1) is 55.0. The zero-order chi connectivity index (χ0) is 44.2. The van der Waals surface area contributed by atoms with Gasteiger partial charge in [0.1, 0.15) is 24.4 Å². The summed E-state index contributed by atoms with van der Waals surface area (Å²) in [6.07, 6.45) is 32.5. The number of hydrogen-bond donors (Lipinski definition) is 4. The lowest BCUT2D eigenvalue weighted by molar-refractivity contribution is -0.273. The van der Waals surface area contributed by atoms with E-state index in [2.05, 4.69) is 26.1 Å². The van der Waals surface area contributed by atoms with Crippen molar-refractivity contribution in [3.05, 3.63) is 17.7 Å². The number of carbonyl (C=O) groups excluding carboxylic acids is 1. The standard InChI is InChI=1S/C51H93NO9/c1-5-8-11-14-17-20-23-26-29-32-35-57-44-38-43(41-60-51-47(52-42(4)54)49(56)48(55)46(40-53)61-51)39-45(58-36-33-30-27-24-21-18-15-12-9-6-2)50(44)59-37-34-31-28-25-22-19-16-13-10-7-3/h38-39,46-49,51,53,55-56H,5-37,40-41H2,1-4H3,(H,52,54)/t46-,47-,48+,49-,51-/m1/s1. The van der Waals surface area contributed by atoms with Crippen molar-refractivity contribution in [2.24, 2.45) is 0 Å². The number of aliphatic hydroxyl groups excluding tert-OH is 3. The molecule has 10 nitrogen and oxygen atoms in total. The SMILES string of the molecule is CCCCCCCCCCCCOc1cc(CO[C@@H]2O[C@H](CO)[C@H](O)[C@H](O)[C@H]2NC(C)=O)cc(OCCCCCCCCCCCC)c1OCCCCCCCCCCCC. The van der Waals surface area contributed by atoms with Gasteiger partial charge in [-0.2, -0.15) is 0 Å². The van der Waals surface area contributed by atoms with Gasteiger partial charge in [0.05, 0.1) is 33.0 Å². The Kier molecular flexibility index (Phi) is 33.6. The second-order valence-electron chi connectivity index (χ2n) is 17.8. The summed E-state index contributed by atoms with van der Waals surface area (Å²) in [5.41, 5.74) is 0.758. The number of amides is 1. The van der Waals surface area contributed by atoms with Gasteiger partial charge in [0.25, 0.3) is 0 Å². The van der Waals surface area contributed by atoms with Crippen molar-refractivity contribution in [2.75, 3.05) is 26.4 Å². The van der Waals surface area contributed by atoms with Crippen LogP contribution in [0.3, 0.4) is 0 Å². The van der Waals surface area contributed by atoms with E-state index in [0.717, 1.165) is 44.1 Å². The molecule has 0 saturated carbocycles. The van der Waals surface area contributed by atoms with Crippen molar-refractivity contribution < 1.29 is 43.8 Å². The fourth-order valence-corrected chi connectivity index (χ4v) is 8.17. The van der Waals surface area contributed by atoms with Crippen LogP contribution < -0.4 is 19.5 Å². The van der Waals surface area contributed by atoms with Gasteiger partial charge in [-0.1, -0.05) is 194 Å². The lowest BCUT2D eigenvalue weighted by Gasteiger charge is -2.42. The van der Waals surface area contributed by atoms with E-state index < -0.39 is 43.2 Å². The quantitative estimate of drug-likeness (QED) is 0.0474. The zero-order valence-corrected chi connectivity index (χ0v) is 39.6. The van der Waals surface area contributed by atoms with Crippen LogP contribution in [-0.2, 0) is 20.9 Å². The van der Waals surface area contributed by atoms with E-state index >= 15 is 0 Å². The van der Waals surface area contributed by atoms with Gasteiger partial charge in [0.2, 0.25) is 11.7 Å². The van der Waals surface area contributed by atoms with Crippen LogP contribution in [0, 0.1) is 0 Å². The molecule has 1 aromatic rings. The number of ether oxygens (including phenoxy) is 5. The summed E-state index contributed by atoms with van der Waals surface area (Å²) >= 11 is 0.